The molecule has 90 valence electrons. The molecule has 0 aliphatic heterocycles. The van der Waals surface area contributed by atoms with Crippen LogP contribution in [0.3, 0.4) is 0 Å². The van der Waals surface area contributed by atoms with E-state index in [1.54, 1.807) is 6.92 Å². The number of unbranched alkanes of at least 4 members (excludes halogenated alkanes) is 1. The van der Waals surface area contributed by atoms with E-state index in [9.17, 15) is 4.79 Å². The number of carboxylic acids is 1. The molecule has 1 aliphatic carbocycles. The maximum absolute atomic E-state index is 9.37. The molecular formula is C12H25NO2. The first kappa shape index (κ1) is 14.4. The van der Waals surface area contributed by atoms with Gasteiger partial charge in [-0.3, -0.25) is 4.79 Å². The number of carbonyl (C=O) groups is 1. The normalized spacial score (nSPS) is 23.7. The summed E-state index contributed by atoms with van der Waals surface area (Å²) in [6.45, 7) is 4.78. The van der Waals surface area contributed by atoms with Crippen LogP contribution in [-0.4, -0.2) is 17.6 Å². The molecule has 0 aromatic heterocycles. The fraction of sp³-hybridized carbons (Fsp3) is 0.917. The molecule has 0 aromatic carbocycles. The molecule has 0 unspecified atom stereocenters. The van der Waals surface area contributed by atoms with E-state index in [-0.39, 0.29) is 6.42 Å². The Morgan fingerprint density at radius 2 is 1.87 bits per heavy atom. The van der Waals surface area contributed by atoms with E-state index < -0.39 is 5.97 Å². The second-order valence-electron chi connectivity index (χ2n) is 4.33. The first-order chi connectivity index (χ1) is 7.13. The lowest BCUT2D eigenvalue weighted by atomic mass is 9.73. The number of hydrogen-bond donors (Lipinski definition) is 2. The van der Waals surface area contributed by atoms with E-state index in [2.05, 4.69) is 6.92 Å². The molecule has 0 amide bonds. The van der Waals surface area contributed by atoms with Crippen LogP contribution in [0.5, 0.6) is 0 Å². The average molecular weight is 215 g/mol. The highest BCUT2D eigenvalue weighted by atomic mass is 16.4. The van der Waals surface area contributed by atoms with Crippen molar-refractivity contribution in [2.75, 3.05) is 6.54 Å². The maximum Gasteiger partial charge on any atom is 0.303 e. The van der Waals surface area contributed by atoms with Gasteiger partial charge in [0.25, 0.3) is 0 Å². The van der Waals surface area contributed by atoms with Crippen LogP contribution in [0, 0.1) is 11.8 Å². The lowest BCUT2D eigenvalue weighted by molar-refractivity contribution is -0.136. The van der Waals surface area contributed by atoms with Crippen LogP contribution in [-0.2, 0) is 4.79 Å². The Bertz CT molecular complexity index is 162. The minimum atomic E-state index is -0.745. The topological polar surface area (TPSA) is 63.3 Å². The molecule has 0 radical (unpaired) electrons. The lowest BCUT2D eigenvalue weighted by Crippen LogP contribution is -2.29. The lowest BCUT2D eigenvalue weighted by Gasteiger charge is -2.34. The predicted octanol–water partition coefficient (Wildman–Crippen LogP) is 2.64. The van der Waals surface area contributed by atoms with Crippen molar-refractivity contribution >= 4 is 5.97 Å². The third kappa shape index (κ3) is 7.37. The largest absolute Gasteiger partial charge is 0.481 e. The van der Waals surface area contributed by atoms with Gasteiger partial charge in [0, 0.05) is 6.42 Å². The van der Waals surface area contributed by atoms with Gasteiger partial charge in [-0.1, -0.05) is 33.1 Å². The Morgan fingerprint density at radius 3 is 2.20 bits per heavy atom. The smallest absolute Gasteiger partial charge is 0.303 e. The molecule has 3 nitrogen and oxygen atoms in total. The second kappa shape index (κ2) is 8.72. The van der Waals surface area contributed by atoms with E-state index in [4.69, 9.17) is 10.8 Å². The van der Waals surface area contributed by atoms with Crippen LogP contribution in [0.2, 0.25) is 0 Å². The quantitative estimate of drug-likeness (QED) is 0.741. The molecule has 1 aliphatic rings. The summed E-state index contributed by atoms with van der Waals surface area (Å²) in [7, 11) is 0. The van der Waals surface area contributed by atoms with Gasteiger partial charge in [0.1, 0.15) is 0 Å². The van der Waals surface area contributed by atoms with Gasteiger partial charge in [0.2, 0.25) is 0 Å². The van der Waals surface area contributed by atoms with Gasteiger partial charge in [0.15, 0.2) is 0 Å². The summed E-state index contributed by atoms with van der Waals surface area (Å²) in [5, 5.41) is 7.72. The van der Waals surface area contributed by atoms with Crippen molar-refractivity contribution in [2.24, 2.45) is 17.6 Å². The molecule has 1 saturated carbocycles. The Morgan fingerprint density at radius 1 is 1.33 bits per heavy atom. The summed E-state index contributed by atoms with van der Waals surface area (Å²) < 4.78 is 0. The molecule has 0 saturated heterocycles. The molecule has 0 bridgehead atoms. The minimum Gasteiger partial charge on any atom is -0.481 e. The fourth-order valence-electron chi connectivity index (χ4n) is 1.79. The molecule has 0 heterocycles. The first-order valence-electron chi connectivity index (χ1n) is 6.05. The Kier molecular flexibility index (Phi) is 8.38. The zero-order valence-corrected chi connectivity index (χ0v) is 10.0. The maximum atomic E-state index is 9.37. The molecule has 0 spiro atoms. The number of rotatable bonds is 5. The van der Waals surface area contributed by atoms with Crippen LogP contribution in [0.15, 0.2) is 0 Å². The molecule has 3 heteroatoms. The van der Waals surface area contributed by atoms with E-state index in [1.807, 2.05) is 0 Å². The summed E-state index contributed by atoms with van der Waals surface area (Å²) in [6, 6.07) is 0. The van der Waals surface area contributed by atoms with Crippen LogP contribution in [0.4, 0.5) is 0 Å². The molecular weight excluding hydrogens is 190 g/mol. The van der Waals surface area contributed by atoms with Crippen molar-refractivity contribution in [3.8, 4) is 0 Å². The number of nitrogens with two attached hydrogens (primary N) is 1. The third-order valence-electron chi connectivity index (χ3n) is 2.94. The zero-order chi connectivity index (χ0) is 11.7. The molecule has 15 heavy (non-hydrogen) atoms. The van der Waals surface area contributed by atoms with Crippen molar-refractivity contribution < 1.29 is 9.90 Å². The van der Waals surface area contributed by atoms with Crippen molar-refractivity contribution in [2.45, 2.75) is 52.4 Å². The van der Waals surface area contributed by atoms with Crippen molar-refractivity contribution in [3.05, 3.63) is 0 Å². The summed E-state index contributed by atoms with van der Waals surface area (Å²) >= 11 is 0. The average Bonchev–Trinajstić information content (AvgIpc) is 2.17. The Labute approximate surface area is 93.0 Å². The summed E-state index contributed by atoms with van der Waals surface area (Å²) in [6.07, 6.45) is 7.27. The number of hydrogen-bond acceptors (Lipinski definition) is 2. The van der Waals surface area contributed by atoms with Crippen LogP contribution in [0.1, 0.15) is 52.4 Å². The molecule has 1 fully saturated rings. The van der Waals surface area contributed by atoms with Crippen molar-refractivity contribution in [3.63, 3.8) is 0 Å². The van der Waals surface area contributed by atoms with Crippen molar-refractivity contribution in [1.82, 2.24) is 0 Å². The third-order valence-corrected chi connectivity index (χ3v) is 2.94. The first-order valence-corrected chi connectivity index (χ1v) is 6.05. The van der Waals surface area contributed by atoms with Crippen LogP contribution < -0.4 is 5.73 Å². The van der Waals surface area contributed by atoms with Crippen LogP contribution in [0.25, 0.3) is 0 Å². The molecule has 0 aromatic rings. The van der Waals surface area contributed by atoms with E-state index >= 15 is 0 Å². The Balaban J connectivity index is 0.000000336. The summed E-state index contributed by atoms with van der Waals surface area (Å²) in [4.78, 5) is 9.37. The fourth-order valence-corrected chi connectivity index (χ4v) is 1.79. The Hall–Kier alpha value is -0.570. The van der Waals surface area contributed by atoms with Gasteiger partial charge >= 0.3 is 5.97 Å². The van der Waals surface area contributed by atoms with E-state index in [0.717, 1.165) is 18.4 Å². The summed E-state index contributed by atoms with van der Waals surface area (Å²) in [5.41, 5.74) is 5.52. The molecule has 0 atom stereocenters. The van der Waals surface area contributed by atoms with Gasteiger partial charge in [-0.2, -0.15) is 0 Å². The summed E-state index contributed by atoms with van der Waals surface area (Å²) in [5.74, 6) is 1.17. The van der Waals surface area contributed by atoms with Gasteiger partial charge in [-0.25, -0.2) is 0 Å². The van der Waals surface area contributed by atoms with Crippen LogP contribution >= 0.6 is 0 Å². The number of carboxylic acid groups (broad SMARTS) is 1. The predicted molar refractivity (Wildman–Crippen MR) is 62.7 cm³/mol. The van der Waals surface area contributed by atoms with Gasteiger partial charge in [-0.05, 0) is 31.2 Å². The van der Waals surface area contributed by atoms with Crippen molar-refractivity contribution in [1.29, 1.82) is 0 Å². The van der Waals surface area contributed by atoms with E-state index in [0.29, 0.717) is 0 Å². The monoisotopic (exact) mass is 215 g/mol. The zero-order valence-electron chi connectivity index (χ0n) is 10.0. The van der Waals surface area contributed by atoms with Gasteiger partial charge in [0.05, 0.1) is 0 Å². The highest BCUT2D eigenvalue weighted by molar-refractivity contribution is 5.66. The second-order valence-corrected chi connectivity index (χ2v) is 4.33. The SMILES string of the molecule is CCC(=O)O.CCCCC1CC(CN)C1. The van der Waals surface area contributed by atoms with Gasteiger partial charge in [-0.15, -0.1) is 0 Å². The minimum absolute atomic E-state index is 0.222. The standard InChI is InChI=1S/C9H19N.C3H6O2/c1-2-3-4-8-5-9(6-8)7-10;1-2-3(4)5/h8-9H,2-7,10H2,1H3;2H2,1H3,(H,4,5). The number of aliphatic carboxylic acids is 1. The molecule has 1 rings (SSSR count). The molecule has 3 N–H and O–H groups in total. The van der Waals surface area contributed by atoms with Gasteiger partial charge < -0.3 is 10.8 Å². The highest BCUT2D eigenvalue weighted by Crippen LogP contribution is 2.36. The van der Waals surface area contributed by atoms with E-state index in [1.165, 1.54) is 32.1 Å². The highest BCUT2D eigenvalue weighted by Gasteiger charge is 2.26.